The van der Waals surface area contributed by atoms with Gasteiger partial charge in [-0.3, -0.25) is 0 Å². The summed E-state index contributed by atoms with van der Waals surface area (Å²) in [6, 6.07) is 8.68. The molecule has 2 heteroatoms. The lowest BCUT2D eigenvalue weighted by Gasteiger charge is -2.33. The maximum atomic E-state index is 5.91. The normalized spacial score (nSPS) is 25.6. The van der Waals surface area contributed by atoms with Crippen LogP contribution in [0.2, 0.25) is 0 Å². The van der Waals surface area contributed by atoms with Gasteiger partial charge >= 0.3 is 0 Å². The zero-order valence-electron chi connectivity index (χ0n) is 8.57. The van der Waals surface area contributed by atoms with Crippen molar-refractivity contribution in [1.82, 2.24) is 0 Å². The lowest BCUT2D eigenvalue weighted by molar-refractivity contribution is 0.255. The van der Waals surface area contributed by atoms with Gasteiger partial charge in [-0.1, -0.05) is 12.1 Å². The molecule has 1 aromatic carbocycles. The molecule has 1 aliphatic rings. The van der Waals surface area contributed by atoms with E-state index in [1.54, 1.807) is 7.11 Å². The zero-order chi connectivity index (χ0) is 9.97. The molecule has 1 fully saturated rings. The number of rotatable bonds is 3. The van der Waals surface area contributed by atoms with Crippen molar-refractivity contribution in [1.29, 1.82) is 0 Å². The van der Waals surface area contributed by atoms with Crippen LogP contribution >= 0.6 is 0 Å². The first-order chi connectivity index (χ1) is 6.79. The minimum Gasteiger partial charge on any atom is -0.497 e. The molecule has 0 aromatic heterocycles. The number of hydrogen-bond acceptors (Lipinski definition) is 2. The van der Waals surface area contributed by atoms with Crippen LogP contribution in [-0.2, 0) is 6.42 Å². The van der Waals surface area contributed by atoms with E-state index in [0.29, 0.717) is 12.0 Å². The van der Waals surface area contributed by atoms with E-state index in [0.717, 1.165) is 12.2 Å². The fraction of sp³-hybridized carbons (Fsp3) is 0.500. The maximum Gasteiger partial charge on any atom is 0.119 e. The minimum atomic E-state index is 0.418. The summed E-state index contributed by atoms with van der Waals surface area (Å²) < 4.78 is 5.18. The van der Waals surface area contributed by atoms with E-state index < -0.39 is 0 Å². The van der Waals surface area contributed by atoms with Crippen molar-refractivity contribution in [2.75, 3.05) is 7.11 Å². The van der Waals surface area contributed by atoms with Crippen LogP contribution in [0.1, 0.15) is 18.4 Å². The summed E-state index contributed by atoms with van der Waals surface area (Å²) >= 11 is 0. The lowest BCUT2D eigenvalue weighted by Crippen LogP contribution is -2.40. The van der Waals surface area contributed by atoms with Gasteiger partial charge in [0.25, 0.3) is 0 Å². The van der Waals surface area contributed by atoms with Gasteiger partial charge in [0.2, 0.25) is 0 Å². The molecule has 1 aromatic rings. The molecule has 2 unspecified atom stereocenters. The monoisotopic (exact) mass is 191 g/mol. The lowest BCUT2D eigenvalue weighted by atomic mass is 9.76. The van der Waals surface area contributed by atoms with Crippen molar-refractivity contribution in [3.63, 3.8) is 0 Å². The summed E-state index contributed by atoms with van der Waals surface area (Å²) in [7, 11) is 1.70. The molecule has 14 heavy (non-hydrogen) atoms. The fourth-order valence-corrected chi connectivity index (χ4v) is 1.95. The van der Waals surface area contributed by atoms with Crippen LogP contribution < -0.4 is 10.5 Å². The predicted molar refractivity (Wildman–Crippen MR) is 57.4 cm³/mol. The van der Waals surface area contributed by atoms with Crippen molar-refractivity contribution in [2.45, 2.75) is 25.3 Å². The minimum absolute atomic E-state index is 0.418. The molecular weight excluding hydrogens is 174 g/mol. The third kappa shape index (κ3) is 1.90. The first kappa shape index (κ1) is 9.53. The van der Waals surface area contributed by atoms with Crippen LogP contribution in [0.15, 0.2) is 24.3 Å². The molecule has 1 aliphatic carbocycles. The highest BCUT2D eigenvalue weighted by Gasteiger charge is 2.27. The van der Waals surface area contributed by atoms with Gasteiger partial charge in [-0.15, -0.1) is 0 Å². The molecule has 0 spiro atoms. The van der Waals surface area contributed by atoms with Crippen molar-refractivity contribution >= 4 is 0 Å². The summed E-state index contributed by atoms with van der Waals surface area (Å²) in [5.74, 6) is 1.62. The van der Waals surface area contributed by atoms with Crippen molar-refractivity contribution in [3.8, 4) is 5.75 Å². The topological polar surface area (TPSA) is 35.2 Å². The Morgan fingerprint density at radius 3 is 2.86 bits per heavy atom. The average Bonchev–Trinajstić information content (AvgIpc) is 2.24. The van der Waals surface area contributed by atoms with Gasteiger partial charge in [-0.05, 0) is 42.9 Å². The van der Waals surface area contributed by atoms with Gasteiger partial charge in [0.05, 0.1) is 7.11 Å². The average molecular weight is 191 g/mol. The third-order valence-electron chi connectivity index (χ3n) is 3.11. The van der Waals surface area contributed by atoms with Crippen LogP contribution in [-0.4, -0.2) is 13.2 Å². The molecule has 2 N–H and O–H groups in total. The molecule has 2 nitrogen and oxygen atoms in total. The number of nitrogens with two attached hydrogens (primary N) is 1. The van der Waals surface area contributed by atoms with Gasteiger partial charge in [0, 0.05) is 6.04 Å². The summed E-state index contributed by atoms with van der Waals surface area (Å²) in [6.07, 6.45) is 3.56. The Kier molecular flexibility index (Phi) is 2.73. The van der Waals surface area contributed by atoms with E-state index in [9.17, 15) is 0 Å². The summed E-state index contributed by atoms with van der Waals surface area (Å²) in [5.41, 5.74) is 7.25. The molecule has 0 saturated heterocycles. The first-order valence-corrected chi connectivity index (χ1v) is 5.18. The van der Waals surface area contributed by atoms with E-state index in [4.69, 9.17) is 10.5 Å². The second kappa shape index (κ2) is 4.01. The standard InChI is InChI=1S/C12H17NO/c1-14-11-4-2-3-9(8-11)7-10-5-6-12(10)13/h2-4,8,10,12H,5-7,13H2,1H3. The van der Waals surface area contributed by atoms with E-state index in [-0.39, 0.29) is 0 Å². The van der Waals surface area contributed by atoms with E-state index >= 15 is 0 Å². The molecule has 2 atom stereocenters. The van der Waals surface area contributed by atoms with Crippen molar-refractivity contribution in [2.24, 2.45) is 11.7 Å². The van der Waals surface area contributed by atoms with E-state index in [1.165, 1.54) is 18.4 Å². The molecule has 2 rings (SSSR count). The highest BCUT2D eigenvalue weighted by molar-refractivity contribution is 5.29. The maximum absolute atomic E-state index is 5.91. The predicted octanol–water partition coefficient (Wildman–Crippen LogP) is 1.98. The molecule has 1 saturated carbocycles. The van der Waals surface area contributed by atoms with Gasteiger partial charge in [0.15, 0.2) is 0 Å². The highest BCUT2D eigenvalue weighted by Crippen LogP contribution is 2.29. The van der Waals surface area contributed by atoms with Crippen molar-refractivity contribution in [3.05, 3.63) is 29.8 Å². The Morgan fingerprint density at radius 2 is 2.29 bits per heavy atom. The first-order valence-electron chi connectivity index (χ1n) is 5.18. The largest absolute Gasteiger partial charge is 0.497 e. The second-order valence-electron chi connectivity index (χ2n) is 4.06. The van der Waals surface area contributed by atoms with Crippen LogP contribution in [0.25, 0.3) is 0 Å². The van der Waals surface area contributed by atoms with Crippen LogP contribution in [0, 0.1) is 5.92 Å². The molecule has 0 amide bonds. The smallest absolute Gasteiger partial charge is 0.119 e. The molecule has 0 bridgehead atoms. The zero-order valence-corrected chi connectivity index (χ0v) is 8.57. The van der Waals surface area contributed by atoms with Crippen LogP contribution in [0.4, 0.5) is 0 Å². The number of benzene rings is 1. The molecular formula is C12H17NO. The number of methoxy groups -OCH3 is 1. The highest BCUT2D eigenvalue weighted by atomic mass is 16.5. The molecule has 0 heterocycles. The Hall–Kier alpha value is -1.02. The molecule has 0 radical (unpaired) electrons. The third-order valence-corrected chi connectivity index (χ3v) is 3.11. The Balaban J connectivity index is 2.01. The summed E-state index contributed by atoms with van der Waals surface area (Å²) in [5, 5.41) is 0. The summed E-state index contributed by atoms with van der Waals surface area (Å²) in [6.45, 7) is 0. The van der Waals surface area contributed by atoms with Gasteiger partial charge in [-0.25, -0.2) is 0 Å². The van der Waals surface area contributed by atoms with Crippen LogP contribution in [0.5, 0.6) is 5.75 Å². The Labute approximate surface area is 85.1 Å². The number of ether oxygens (including phenoxy) is 1. The quantitative estimate of drug-likeness (QED) is 0.792. The van der Waals surface area contributed by atoms with Crippen molar-refractivity contribution < 1.29 is 4.74 Å². The second-order valence-corrected chi connectivity index (χ2v) is 4.06. The van der Waals surface area contributed by atoms with Gasteiger partial charge in [0.1, 0.15) is 5.75 Å². The van der Waals surface area contributed by atoms with Crippen LogP contribution in [0.3, 0.4) is 0 Å². The fourth-order valence-electron chi connectivity index (χ4n) is 1.95. The SMILES string of the molecule is COc1cccc(CC2CCC2N)c1. The summed E-state index contributed by atoms with van der Waals surface area (Å²) in [4.78, 5) is 0. The molecule has 76 valence electrons. The van der Waals surface area contributed by atoms with E-state index in [1.807, 2.05) is 12.1 Å². The molecule has 0 aliphatic heterocycles. The van der Waals surface area contributed by atoms with Gasteiger partial charge in [-0.2, -0.15) is 0 Å². The van der Waals surface area contributed by atoms with E-state index in [2.05, 4.69) is 12.1 Å². The Bertz CT molecular complexity index is 311. The Morgan fingerprint density at radius 1 is 1.43 bits per heavy atom. The number of hydrogen-bond donors (Lipinski definition) is 1. The van der Waals surface area contributed by atoms with Gasteiger partial charge < -0.3 is 10.5 Å².